The summed E-state index contributed by atoms with van der Waals surface area (Å²) in [6.45, 7) is 1.84. The third kappa shape index (κ3) is 6.26. The Morgan fingerprint density at radius 3 is 2.58 bits per heavy atom. The van der Waals surface area contributed by atoms with Gasteiger partial charge in [0.2, 0.25) is 0 Å². The molecule has 1 rings (SSSR count). The number of nitrogens with two attached hydrogens (primary N) is 1. The molecule has 0 bridgehead atoms. The van der Waals surface area contributed by atoms with Crippen LogP contribution in [0.2, 0.25) is 0 Å². The van der Waals surface area contributed by atoms with Crippen LogP contribution < -0.4 is 11.1 Å². The van der Waals surface area contributed by atoms with Crippen LogP contribution in [0.4, 0.5) is 5.69 Å². The van der Waals surface area contributed by atoms with E-state index in [1.807, 2.05) is 0 Å². The molecule has 0 radical (unpaired) electrons. The van der Waals surface area contributed by atoms with Gasteiger partial charge in [-0.2, -0.15) is 8.42 Å². The van der Waals surface area contributed by atoms with E-state index in [-0.39, 0.29) is 35.8 Å². The largest absolute Gasteiger partial charge is 0.398 e. The fourth-order valence-corrected chi connectivity index (χ4v) is 2.82. The number of aliphatic imine (C=N–C) groups is 1. The van der Waals surface area contributed by atoms with Gasteiger partial charge in [0, 0.05) is 24.1 Å². The number of benzene rings is 1. The number of sulfone groups is 1. The van der Waals surface area contributed by atoms with Gasteiger partial charge in [0.15, 0.2) is 9.84 Å². The summed E-state index contributed by atoms with van der Waals surface area (Å²) < 4.78 is 53.8. The van der Waals surface area contributed by atoms with E-state index < -0.39 is 30.8 Å². The lowest BCUT2D eigenvalue weighted by molar-refractivity contribution is 0.0954. The normalized spacial score (nSPS) is 12.4. The molecule has 0 unspecified atom stereocenters. The zero-order valence-electron chi connectivity index (χ0n) is 13.0. The highest BCUT2D eigenvalue weighted by Crippen LogP contribution is 2.19. The fourth-order valence-electron chi connectivity index (χ4n) is 1.61. The summed E-state index contributed by atoms with van der Waals surface area (Å²) in [4.78, 5) is 15.2. The summed E-state index contributed by atoms with van der Waals surface area (Å²) in [6.07, 6.45) is 1.27. The number of nitrogens with zero attached hydrogens (tertiary/aromatic N) is 1. The molecule has 1 amide bonds. The van der Waals surface area contributed by atoms with Gasteiger partial charge in [0.1, 0.15) is 4.90 Å². The Bertz CT molecular complexity index is 831. The molecule has 0 spiro atoms. The first-order valence-corrected chi connectivity index (χ1v) is 10.2. The van der Waals surface area contributed by atoms with Crippen molar-refractivity contribution in [3.8, 4) is 0 Å². The molecule has 0 aliphatic heterocycles. The average Bonchev–Trinajstić information content (AvgIpc) is 2.49. The molecule has 4 N–H and O–H groups in total. The predicted octanol–water partition coefficient (Wildman–Crippen LogP) is -0.249. The van der Waals surface area contributed by atoms with E-state index in [1.54, 1.807) is 0 Å². The maximum atomic E-state index is 11.9. The van der Waals surface area contributed by atoms with Gasteiger partial charge in [-0.25, -0.2) is 8.42 Å². The van der Waals surface area contributed by atoms with Gasteiger partial charge in [0.05, 0.1) is 18.0 Å². The van der Waals surface area contributed by atoms with Crippen LogP contribution in [0.25, 0.3) is 0 Å². The number of amides is 1. The van der Waals surface area contributed by atoms with Crippen LogP contribution in [0.5, 0.6) is 0 Å². The first-order valence-electron chi connectivity index (χ1n) is 6.90. The number of carbonyl (C=O) groups excluding carboxylic acids is 1. The van der Waals surface area contributed by atoms with Crippen LogP contribution in [-0.2, 0) is 20.0 Å². The van der Waals surface area contributed by atoms with Gasteiger partial charge in [-0.3, -0.25) is 14.3 Å². The van der Waals surface area contributed by atoms with E-state index in [2.05, 4.69) is 10.3 Å². The highest BCUT2D eigenvalue weighted by Gasteiger charge is 2.16. The average molecular weight is 377 g/mol. The number of hydrogen-bond acceptors (Lipinski definition) is 7. The number of nitrogens with one attached hydrogen (secondary N) is 1. The van der Waals surface area contributed by atoms with Crippen molar-refractivity contribution in [3.05, 3.63) is 23.8 Å². The monoisotopic (exact) mass is 377 g/mol. The van der Waals surface area contributed by atoms with E-state index in [1.165, 1.54) is 25.3 Å². The molecular formula is C13H19N3O6S2. The summed E-state index contributed by atoms with van der Waals surface area (Å²) >= 11 is 0. The first kappa shape index (κ1) is 20.1. The summed E-state index contributed by atoms with van der Waals surface area (Å²) in [5.41, 5.74) is 5.28. The van der Waals surface area contributed by atoms with Crippen molar-refractivity contribution >= 4 is 37.8 Å². The van der Waals surface area contributed by atoms with Gasteiger partial charge in [-0.15, -0.1) is 0 Å². The van der Waals surface area contributed by atoms with Crippen molar-refractivity contribution in [2.24, 2.45) is 4.99 Å². The van der Waals surface area contributed by atoms with Gasteiger partial charge < -0.3 is 11.1 Å². The van der Waals surface area contributed by atoms with Crippen LogP contribution in [0.1, 0.15) is 17.3 Å². The molecule has 0 saturated heterocycles. The van der Waals surface area contributed by atoms with E-state index in [9.17, 15) is 21.6 Å². The highest BCUT2D eigenvalue weighted by molar-refractivity contribution is 7.91. The van der Waals surface area contributed by atoms with Gasteiger partial charge in [-0.1, -0.05) is 6.92 Å². The molecule has 1 aromatic carbocycles. The maximum absolute atomic E-state index is 11.9. The zero-order valence-corrected chi connectivity index (χ0v) is 14.6. The Balaban J connectivity index is 2.60. The lowest BCUT2D eigenvalue weighted by Gasteiger charge is -2.07. The smallest absolute Gasteiger partial charge is 0.296 e. The van der Waals surface area contributed by atoms with Crippen LogP contribution in [0, 0.1) is 0 Å². The SMILES string of the molecule is CCS(=O)(=O)CC=NCCNC(=O)c1ccc(N)c(S(=O)(=O)O)c1. The molecule has 1 aromatic rings. The topological polar surface area (TPSA) is 156 Å². The van der Waals surface area contributed by atoms with Gasteiger partial charge >= 0.3 is 0 Å². The maximum Gasteiger partial charge on any atom is 0.296 e. The van der Waals surface area contributed by atoms with Crippen LogP contribution >= 0.6 is 0 Å². The Labute approximate surface area is 140 Å². The number of carbonyl (C=O) groups is 1. The summed E-state index contributed by atoms with van der Waals surface area (Å²) in [5.74, 6) is -0.702. The quantitative estimate of drug-likeness (QED) is 0.244. The third-order valence-electron chi connectivity index (χ3n) is 2.98. The van der Waals surface area contributed by atoms with Crippen LogP contribution in [0.15, 0.2) is 28.1 Å². The lowest BCUT2D eigenvalue weighted by atomic mass is 10.2. The molecule has 9 nitrogen and oxygen atoms in total. The number of anilines is 1. The molecule has 0 saturated carbocycles. The third-order valence-corrected chi connectivity index (χ3v) is 5.42. The Kier molecular flexibility index (Phi) is 6.87. The lowest BCUT2D eigenvalue weighted by Crippen LogP contribution is -2.26. The van der Waals surface area contributed by atoms with E-state index in [4.69, 9.17) is 10.3 Å². The van der Waals surface area contributed by atoms with Crippen molar-refractivity contribution < 1.29 is 26.2 Å². The molecule has 0 fully saturated rings. The van der Waals surface area contributed by atoms with Crippen LogP contribution in [-0.4, -0.2) is 58.1 Å². The second kappa shape index (κ2) is 8.22. The molecular weight excluding hydrogens is 358 g/mol. The van der Waals surface area contributed by atoms with Crippen molar-refractivity contribution in [1.29, 1.82) is 0 Å². The first-order chi connectivity index (χ1) is 11.1. The number of hydrogen-bond donors (Lipinski definition) is 3. The molecule has 0 heterocycles. The second-order valence-corrected chi connectivity index (χ2v) is 8.56. The van der Waals surface area contributed by atoms with Crippen molar-refractivity contribution in [2.45, 2.75) is 11.8 Å². The molecule has 0 aliphatic carbocycles. The summed E-state index contributed by atoms with van der Waals surface area (Å²) in [7, 11) is -7.64. The van der Waals surface area contributed by atoms with Crippen molar-refractivity contribution in [3.63, 3.8) is 0 Å². The summed E-state index contributed by atoms with van der Waals surface area (Å²) in [5, 5.41) is 2.49. The molecule has 0 aromatic heterocycles. The highest BCUT2D eigenvalue weighted by atomic mass is 32.2. The molecule has 24 heavy (non-hydrogen) atoms. The van der Waals surface area contributed by atoms with E-state index >= 15 is 0 Å². The minimum Gasteiger partial charge on any atom is -0.398 e. The van der Waals surface area contributed by atoms with E-state index in [0.29, 0.717) is 0 Å². The minimum absolute atomic E-state index is 0.00867. The minimum atomic E-state index is -4.52. The molecule has 0 aliphatic rings. The second-order valence-electron chi connectivity index (χ2n) is 4.77. The Hall–Kier alpha value is -1.98. The zero-order chi connectivity index (χ0) is 18.4. The standard InChI is InChI=1S/C13H19N3O6S2/c1-2-23(18,19)8-7-15-5-6-16-13(17)10-3-4-11(14)12(9-10)24(20,21)22/h3-4,7,9H,2,5-6,8,14H2,1H3,(H,16,17)(H,20,21,22). The van der Waals surface area contributed by atoms with Crippen LogP contribution in [0.3, 0.4) is 0 Å². The predicted molar refractivity (Wildman–Crippen MR) is 90.7 cm³/mol. The van der Waals surface area contributed by atoms with Crippen molar-refractivity contribution in [2.75, 3.05) is 30.3 Å². The van der Waals surface area contributed by atoms with Gasteiger partial charge in [0.25, 0.3) is 16.0 Å². The Morgan fingerprint density at radius 1 is 1.33 bits per heavy atom. The number of nitrogen functional groups attached to an aromatic ring is 1. The molecule has 11 heteroatoms. The molecule has 134 valence electrons. The molecule has 0 atom stereocenters. The fraction of sp³-hybridized carbons (Fsp3) is 0.385. The number of rotatable bonds is 8. The van der Waals surface area contributed by atoms with E-state index in [0.717, 1.165) is 6.07 Å². The Morgan fingerprint density at radius 2 is 2.00 bits per heavy atom. The van der Waals surface area contributed by atoms with Crippen molar-refractivity contribution in [1.82, 2.24) is 5.32 Å². The van der Waals surface area contributed by atoms with Gasteiger partial charge in [-0.05, 0) is 18.2 Å². The summed E-state index contributed by atoms with van der Waals surface area (Å²) in [6, 6.07) is 3.49.